The van der Waals surface area contributed by atoms with Crippen molar-refractivity contribution in [3.63, 3.8) is 0 Å². The first-order chi connectivity index (χ1) is 0. The zero-order valence-electron chi connectivity index (χ0n) is 1.47. The second-order valence-electron chi connectivity index (χ2n) is 0. The van der Waals surface area contributed by atoms with Crippen molar-refractivity contribution in [3.8, 4) is 0 Å². The van der Waals surface area contributed by atoms with Crippen LogP contribution in [-0.2, 0) is 72.7 Å². The first kappa shape index (κ1) is 44.8. The summed E-state index contributed by atoms with van der Waals surface area (Å²) in [6.07, 6.45) is 0. The third-order valence-corrected chi connectivity index (χ3v) is 0. The SMILES string of the molecule is [Co].[GaH3].[Mn].[Ni].[Ta]. The van der Waals surface area contributed by atoms with Crippen molar-refractivity contribution in [2.75, 3.05) is 0 Å². The second-order valence-corrected chi connectivity index (χ2v) is 0. The van der Waals surface area contributed by atoms with Crippen molar-refractivity contribution in [1.29, 1.82) is 0 Å². The molecule has 5 heavy (non-hydrogen) atoms. The molecule has 0 saturated heterocycles. The van der Waals surface area contributed by atoms with E-state index in [0.29, 0.717) is 0 Å². The van der Waals surface area contributed by atoms with E-state index in [0.717, 1.165) is 0 Å². The van der Waals surface area contributed by atoms with Gasteiger partial charge in [0, 0.05) is 72.7 Å². The smallest absolute Gasteiger partial charge is 0 e. The van der Waals surface area contributed by atoms with E-state index >= 15 is 0 Å². The van der Waals surface area contributed by atoms with Crippen LogP contribution in [-0.4, -0.2) is 19.8 Å². The molecule has 5 heteroatoms. The van der Waals surface area contributed by atoms with Crippen LogP contribution < -0.4 is 0 Å². The summed E-state index contributed by atoms with van der Waals surface area (Å²) in [5.74, 6) is 0. The van der Waals surface area contributed by atoms with Gasteiger partial charge in [-0.25, -0.2) is 0 Å². The van der Waals surface area contributed by atoms with Crippen LogP contribution in [0.2, 0.25) is 0 Å². The van der Waals surface area contributed by atoms with Gasteiger partial charge in [-0.15, -0.1) is 0 Å². The Hall–Kier alpha value is 2.90. The van der Waals surface area contributed by atoms with Gasteiger partial charge in [0.05, 0.1) is 0 Å². The molecule has 0 N–H and O–H groups in total. The molecule has 3 radical (unpaired) electrons. The monoisotopic (exact) mass is 425 g/mol. The van der Waals surface area contributed by atoms with E-state index in [-0.39, 0.29) is 92.5 Å². The average molecular weight is 426 g/mol. The summed E-state index contributed by atoms with van der Waals surface area (Å²) in [6.45, 7) is 0. The summed E-state index contributed by atoms with van der Waals surface area (Å²) in [5.41, 5.74) is 0. The van der Waals surface area contributed by atoms with Crippen LogP contribution in [0.4, 0.5) is 0 Å². The fourth-order valence-corrected chi connectivity index (χ4v) is 0. The van der Waals surface area contributed by atoms with Gasteiger partial charge in [-0.1, -0.05) is 0 Å². The minimum Gasteiger partial charge on any atom is 0 e. The largest absolute Gasteiger partial charge is 0 e. The average Bonchev–Trinajstić information content (AvgIpc) is 0. The van der Waals surface area contributed by atoms with E-state index in [1.807, 2.05) is 0 Å². The van der Waals surface area contributed by atoms with Gasteiger partial charge in [0.15, 0.2) is 0 Å². The van der Waals surface area contributed by atoms with E-state index in [1.165, 1.54) is 0 Å². The molecule has 0 aliphatic rings. The molecule has 0 aromatic rings. The van der Waals surface area contributed by atoms with E-state index in [1.54, 1.807) is 0 Å². The minimum absolute atomic E-state index is 0. The summed E-state index contributed by atoms with van der Waals surface area (Å²) >= 11 is 0. The third kappa shape index (κ3) is 19.7. The second kappa shape index (κ2) is 28.6. The molecular weight excluding hydrogens is 423 g/mol. The van der Waals surface area contributed by atoms with Crippen molar-refractivity contribution in [1.82, 2.24) is 0 Å². The maximum atomic E-state index is 0. The first-order valence-electron chi connectivity index (χ1n) is 0. The van der Waals surface area contributed by atoms with Crippen molar-refractivity contribution < 1.29 is 72.7 Å². The van der Waals surface area contributed by atoms with Gasteiger partial charge in [0.1, 0.15) is 0 Å². The summed E-state index contributed by atoms with van der Waals surface area (Å²) in [7, 11) is 0. The molecule has 0 atom stereocenters. The molecule has 0 unspecified atom stereocenters. The Labute approximate surface area is 91.1 Å². The molecule has 0 nitrogen and oxygen atoms in total. The molecule has 0 rings (SSSR count). The molecule has 0 spiro atoms. The van der Waals surface area contributed by atoms with E-state index < -0.39 is 0 Å². The molecular formula is H3CoGaMnNiTa. The summed E-state index contributed by atoms with van der Waals surface area (Å²) < 4.78 is 0. The summed E-state index contributed by atoms with van der Waals surface area (Å²) in [6, 6.07) is 0. The van der Waals surface area contributed by atoms with Crippen molar-refractivity contribution in [2.24, 2.45) is 0 Å². The maximum Gasteiger partial charge on any atom is 0 e. The van der Waals surface area contributed by atoms with E-state index in [2.05, 4.69) is 0 Å². The zero-order chi connectivity index (χ0) is 0. The Morgan fingerprint density at radius 2 is 1.00 bits per heavy atom. The van der Waals surface area contributed by atoms with Gasteiger partial charge < -0.3 is 0 Å². The minimum atomic E-state index is 0. The molecule has 0 amide bonds. The predicted octanol–water partition coefficient (Wildman–Crippen LogP) is -1.19. The standard InChI is InChI=1S/Co.Ga.Mn.Ni.Ta.3H. The molecule has 0 aromatic carbocycles. The topological polar surface area (TPSA) is 0 Å². The Morgan fingerprint density at radius 1 is 1.00 bits per heavy atom. The van der Waals surface area contributed by atoms with Gasteiger partial charge in [0.25, 0.3) is 0 Å². The van der Waals surface area contributed by atoms with Gasteiger partial charge in [-0.2, -0.15) is 0 Å². The first-order valence-corrected chi connectivity index (χ1v) is 0. The molecule has 0 heterocycles. The van der Waals surface area contributed by atoms with E-state index in [9.17, 15) is 0 Å². The summed E-state index contributed by atoms with van der Waals surface area (Å²) in [4.78, 5) is 0. The van der Waals surface area contributed by atoms with Crippen molar-refractivity contribution in [2.45, 2.75) is 0 Å². The molecule has 0 saturated carbocycles. The number of hydrogen-bond acceptors (Lipinski definition) is 0. The molecule has 0 fully saturated rings. The van der Waals surface area contributed by atoms with Crippen LogP contribution in [0.15, 0.2) is 0 Å². The van der Waals surface area contributed by atoms with Gasteiger partial charge >= 0.3 is 19.8 Å². The normalized spacial score (nSPS) is 0. The van der Waals surface area contributed by atoms with Crippen LogP contribution in [0.5, 0.6) is 0 Å². The van der Waals surface area contributed by atoms with Crippen LogP contribution in [0.1, 0.15) is 0 Å². The van der Waals surface area contributed by atoms with Crippen LogP contribution in [0, 0.1) is 0 Å². The van der Waals surface area contributed by atoms with Crippen LogP contribution >= 0.6 is 0 Å². The Morgan fingerprint density at radius 3 is 1.00 bits per heavy atom. The molecule has 37 valence electrons. The molecule has 0 aliphatic heterocycles. The van der Waals surface area contributed by atoms with Crippen LogP contribution in [0.3, 0.4) is 0 Å². The Kier molecular flexibility index (Phi) is 256. The Bertz CT molecular complexity index is 11.6. The molecule has 0 bridgehead atoms. The van der Waals surface area contributed by atoms with Gasteiger partial charge in [-0.05, 0) is 0 Å². The Balaban J connectivity index is 0. The fraction of sp³-hybridized carbons (Fsp3) is 0. The van der Waals surface area contributed by atoms with Crippen LogP contribution in [0.25, 0.3) is 0 Å². The quantitative estimate of drug-likeness (QED) is 0.428. The molecule has 0 aromatic heterocycles. The molecule has 0 aliphatic carbocycles. The fourth-order valence-electron chi connectivity index (χ4n) is 0. The van der Waals surface area contributed by atoms with Gasteiger partial charge in [-0.3, -0.25) is 0 Å². The number of hydrogen-bond donors (Lipinski definition) is 0. The zero-order valence-corrected chi connectivity index (χ0v) is 7.90. The maximum absolute atomic E-state index is 0. The predicted molar refractivity (Wildman–Crippen MR) is 9.94 cm³/mol. The van der Waals surface area contributed by atoms with Crippen molar-refractivity contribution >= 4 is 19.8 Å². The van der Waals surface area contributed by atoms with Crippen molar-refractivity contribution in [3.05, 3.63) is 0 Å². The summed E-state index contributed by atoms with van der Waals surface area (Å²) in [5, 5.41) is 0. The number of rotatable bonds is 0. The van der Waals surface area contributed by atoms with E-state index in [4.69, 9.17) is 0 Å². The van der Waals surface area contributed by atoms with Gasteiger partial charge in [0.2, 0.25) is 0 Å². The third-order valence-electron chi connectivity index (χ3n) is 0.